The van der Waals surface area contributed by atoms with Gasteiger partial charge in [-0.3, -0.25) is 4.79 Å². The van der Waals surface area contributed by atoms with Crippen molar-refractivity contribution in [2.24, 2.45) is 11.8 Å². The molecule has 1 saturated carbocycles. The smallest absolute Gasteiger partial charge is 0.259 e. The average Bonchev–Trinajstić information content (AvgIpc) is 3.10. The summed E-state index contributed by atoms with van der Waals surface area (Å²) in [5.74, 6) is 1.98. The minimum absolute atomic E-state index is 0.0120. The van der Waals surface area contributed by atoms with Crippen molar-refractivity contribution < 1.29 is 18.8 Å². The van der Waals surface area contributed by atoms with Crippen molar-refractivity contribution in [1.29, 1.82) is 0 Å². The molecule has 1 spiro atoms. The molecule has 1 aromatic rings. The molecule has 3 aliphatic rings. The topological polar surface area (TPSA) is 64.8 Å². The number of carbonyl (C=O) groups is 1. The van der Waals surface area contributed by atoms with E-state index in [4.69, 9.17) is 14.0 Å². The van der Waals surface area contributed by atoms with Crippen molar-refractivity contribution in [3.05, 3.63) is 17.5 Å². The van der Waals surface area contributed by atoms with Crippen LogP contribution in [0.25, 0.3) is 0 Å². The number of rotatable bonds is 7. The van der Waals surface area contributed by atoms with Gasteiger partial charge in [0.25, 0.3) is 5.91 Å². The van der Waals surface area contributed by atoms with Gasteiger partial charge in [-0.2, -0.15) is 0 Å². The van der Waals surface area contributed by atoms with Crippen LogP contribution < -0.4 is 0 Å². The molecule has 0 N–H and O–H groups in total. The molecule has 0 bridgehead atoms. The van der Waals surface area contributed by atoms with E-state index in [-0.39, 0.29) is 11.5 Å². The standard InChI is InChI=1S/C18H26N2O4/c1-2-16-15(9-19-24-16)17(21)20-11-18(12-20)14(6-8-23-18)5-7-22-10-13-3-4-13/h9,13-14H,2-8,10-12H2,1H3/t14-/m0/s1. The molecule has 6 heteroatoms. The van der Waals surface area contributed by atoms with Crippen molar-refractivity contribution in [2.75, 3.05) is 32.9 Å². The molecule has 0 radical (unpaired) electrons. The van der Waals surface area contributed by atoms with Gasteiger partial charge >= 0.3 is 0 Å². The van der Waals surface area contributed by atoms with Gasteiger partial charge in [-0.1, -0.05) is 12.1 Å². The molecule has 132 valence electrons. The number of hydrogen-bond donors (Lipinski definition) is 0. The fourth-order valence-corrected chi connectivity index (χ4v) is 3.91. The quantitative estimate of drug-likeness (QED) is 0.716. The first-order valence-electron chi connectivity index (χ1n) is 9.16. The Morgan fingerprint density at radius 1 is 1.42 bits per heavy atom. The van der Waals surface area contributed by atoms with Gasteiger partial charge in [0.2, 0.25) is 0 Å². The van der Waals surface area contributed by atoms with Gasteiger partial charge in [0.15, 0.2) is 0 Å². The minimum atomic E-state index is -0.151. The lowest BCUT2D eigenvalue weighted by molar-refractivity contribution is -0.120. The molecule has 2 saturated heterocycles. The highest BCUT2D eigenvalue weighted by Gasteiger charge is 2.54. The number of carbonyl (C=O) groups excluding carboxylic acids is 1. The van der Waals surface area contributed by atoms with Crippen LogP contribution in [0.4, 0.5) is 0 Å². The van der Waals surface area contributed by atoms with E-state index in [0.717, 1.165) is 38.6 Å². The molecular formula is C18H26N2O4. The highest BCUT2D eigenvalue weighted by molar-refractivity contribution is 5.95. The summed E-state index contributed by atoms with van der Waals surface area (Å²) in [4.78, 5) is 14.5. The van der Waals surface area contributed by atoms with E-state index in [2.05, 4.69) is 5.16 Å². The summed E-state index contributed by atoms with van der Waals surface area (Å²) in [6, 6.07) is 0. The average molecular weight is 334 g/mol. The van der Waals surface area contributed by atoms with Crippen molar-refractivity contribution in [2.45, 2.75) is 44.6 Å². The Bertz CT molecular complexity index is 590. The Kier molecular flexibility index (Phi) is 4.35. The Balaban J connectivity index is 1.29. The molecule has 1 amide bonds. The summed E-state index contributed by atoms with van der Waals surface area (Å²) >= 11 is 0. The van der Waals surface area contributed by atoms with Crippen molar-refractivity contribution >= 4 is 5.91 Å². The monoisotopic (exact) mass is 334 g/mol. The van der Waals surface area contributed by atoms with Crippen LogP contribution in [0.2, 0.25) is 0 Å². The minimum Gasteiger partial charge on any atom is -0.381 e. The number of likely N-dealkylation sites (tertiary alicyclic amines) is 1. The van der Waals surface area contributed by atoms with E-state index in [1.54, 1.807) is 0 Å². The predicted octanol–water partition coefficient (Wildman–Crippen LogP) is 2.28. The van der Waals surface area contributed by atoms with E-state index in [9.17, 15) is 4.79 Å². The van der Waals surface area contributed by atoms with Crippen LogP contribution in [0, 0.1) is 11.8 Å². The van der Waals surface area contributed by atoms with E-state index in [1.807, 2.05) is 11.8 Å². The normalized spacial score (nSPS) is 25.2. The maximum Gasteiger partial charge on any atom is 0.259 e. The zero-order valence-electron chi connectivity index (χ0n) is 14.3. The number of hydrogen-bond acceptors (Lipinski definition) is 5. The van der Waals surface area contributed by atoms with Crippen molar-refractivity contribution in [3.63, 3.8) is 0 Å². The number of ether oxygens (including phenoxy) is 2. The third-order valence-electron chi connectivity index (χ3n) is 5.66. The van der Waals surface area contributed by atoms with Gasteiger partial charge < -0.3 is 18.9 Å². The molecule has 1 aromatic heterocycles. The fourth-order valence-electron chi connectivity index (χ4n) is 3.91. The molecule has 3 fully saturated rings. The van der Waals surface area contributed by atoms with E-state index in [0.29, 0.717) is 36.8 Å². The molecular weight excluding hydrogens is 308 g/mol. The second-order valence-electron chi connectivity index (χ2n) is 7.38. The molecule has 0 unspecified atom stereocenters. The Morgan fingerprint density at radius 3 is 3.00 bits per heavy atom. The van der Waals surface area contributed by atoms with Crippen LogP contribution in [0.3, 0.4) is 0 Å². The summed E-state index contributed by atoms with van der Waals surface area (Å²) in [6.45, 7) is 5.83. The zero-order chi connectivity index (χ0) is 16.6. The van der Waals surface area contributed by atoms with Crippen molar-refractivity contribution in [3.8, 4) is 0 Å². The maximum atomic E-state index is 12.6. The summed E-state index contributed by atoms with van der Waals surface area (Å²) in [5, 5.41) is 3.76. The lowest BCUT2D eigenvalue weighted by Crippen LogP contribution is -2.66. The highest BCUT2D eigenvalue weighted by atomic mass is 16.5. The first kappa shape index (κ1) is 16.1. The Morgan fingerprint density at radius 2 is 2.25 bits per heavy atom. The SMILES string of the molecule is CCc1oncc1C(=O)N1CC2(C1)OCC[C@@H]2CCOCC1CC1. The highest BCUT2D eigenvalue weighted by Crippen LogP contribution is 2.42. The van der Waals surface area contributed by atoms with Crippen LogP contribution >= 0.6 is 0 Å². The second kappa shape index (κ2) is 6.48. The molecule has 0 aromatic carbocycles. The van der Waals surface area contributed by atoms with Gasteiger partial charge in [0.05, 0.1) is 19.3 Å². The van der Waals surface area contributed by atoms with E-state index >= 15 is 0 Å². The fraction of sp³-hybridized carbons (Fsp3) is 0.778. The van der Waals surface area contributed by atoms with Gasteiger partial charge in [-0.05, 0) is 37.5 Å². The van der Waals surface area contributed by atoms with Crippen LogP contribution in [-0.4, -0.2) is 54.5 Å². The summed E-state index contributed by atoms with van der Waals surface area (Å²) in [6.07, 6.45) is 6.97. The lowest BCUT2D eigenvalue weighted by atomic mass is 9.79. The number of nitrogens with zero attached hydrogens (tertiary/aromatic N) is 2. The molecule has 1 aliphatic carbocycles. The summed E-state index contributed by atoms with van der Waals surface area (Å²) < 4.78 is 17.0. The molecule has 6 nitrogen and oxygen atoms in total. The molecule has 3 heterocycles. The van der Waals surface area contributed by atoms with Gasteiger partial charge in [0.1, 0.15) is 16.9 Å². The first-order chi connectivity index (χ1) is 11.7. The number of amides is 1. The van der Waals surface area contributed by atoms with E-state index in [1.165, 1.54) is 19.0 Å². The third kappa shape index (κ3) is 2.97. The van der Waals surface area contributed by atoms with Crippen LogP contribution in [0.1, 0.15) is 48.7 Å². The van der Waals surface area contributed by atoms with Crippen LogP contribution in [-0.2, 0) is 15.9 Å². The predicted molar refractivity (Wildman–Crippen MR) is 86.7 cm³/mol. The van der Waals surface area contributed by atoms with Crippen LogP contribution in [0.5, 0.6) is 0 Å². The third-order valence-corrected chi connectivity index (χ3v) is 5.66. The maximum absolute atomic E-state index is 12.6. The molecule has 1 atom stereocenters. The Hall–Kier alpha value is -1.40. The molecule has 24 heavy (non-hydrogen) atoms. The largest absolute Gasteiger partial charge is 0.381 e. The summed E-state index contributed by atoms with van der Waals surface area (Å²) in [5.41, 5.74) is 0.442. The lowest BCUT2D eigenvalue weighted by Gasteiger charge is -2.50. The van der Waals surface area contributed by atoms with Crippen LogP contribution in [0.15, 0.2) is 10.7 Å². The second-order valence-corrected chi connectivity index (χ2v) is 7.38. The first-order valence-corrected chi connectivity index (χ1v) is 9.16. The zero-order valence-corrected chi connectivity index (χ0v) is 14.3. The molecule has 2 aliphatic heterocycles. The van der Waals surface area contributed by atoms with Gasteiger partial charge in [0, 0.05) is 26.2 Å². The number of aromatic nitrogens is 1. The number of aryl methyl sites for hydroxylation is 1. The molecule has 4 rings (SSSR count). The summed E-state index contributed by atoms with van der Waals surface area (Å²) in [7, 11) is 0. The van der Waals surface area contributed by atoms with Gasteiger partial charge in [-0.15, -0.1) is 0 Å². The van der Waals surface area contributed by atoms with E-state index < -0.39 is 0 Å². The van der Waals surface area contributed by atoms with Crippen molar-refractivity contribution in [1.82, 2.24) is 10.1 Å². The van der Waals surface area contributed by atoms with Gasteiger partial charge in [-0.25, -0.2) is 0 Å². The Labute approximate surface area is 142 Å².